The van der Waals surface area contributed by atoms with Gasteiger partial charge in [0.1, 0.15) is 0 Å². The molecule has 1 N–H and O–H groups in total. The Morgan fingerprint density at radius 3 is 2.50 bits per heavy atom. The Morgan fingerprint density at radius 1 is 1.00 bits per heavy atom. The molecule has 24 heavy (non-hydrogen) atoms. The van der Waals surface area contributed by atoms with Crippen molar-refractivity contribution < 1.29 is 18.0 Å². The summed E-state index contributed by atoms with van der Waals surface area (Å²) in [6, 6.07) is 12.6. The maximum Gasteiger partial charge on any atom is 0.230 e. The van der Waals surface area contributed by atoms with Gasteiger partial charge in [0.05, 0.1) is 12.1 Å². The maximum absolute atomic E-state index is 13.6. The number of carbonyl (C=O) groups excluding carboxylic acids is 1. The van der Waals surface area contributed by atoms with Crippen LogP contribution < -0.4 is 5.32 Å². The van der Waals surface area contributed by atoms with E-state index in [1.165, 1.54) is 0 Å². The zero-order chi connectivity index (χ0) is 17.1. The summed E-state index contributed by atoms with van der Waals surface area (Å²) in [5.74, 6) is -4.56. The number of anilines is 1. The summed E-state index contributed by atoms with van der Waals surface area (Å²) in [5, 5.41) is 6.66. The van der Waals surface area contributed by atoms with E-state index in [0.29, 0.717) is 0 Å². The normalized spacial score (nSPS) is 10.6. The Labute approximate surface area is 135 Å². The number of nitrogens with one attached hydrogen (secondary N) is 1. The zero-order valence-corrected chi connectivity index (χ0v) is 12.3. The van der Waals surface area contributed by atoms with Crippen LogP contribution in [-0.4, -0.2) is 15.7 Å². The Hall–Kier alpha value is -3.09. The summed E-state index contributed by atoms with van der Waals surface area (Å²) in [7, 11) is 0. The molecule has 0 spiro atoms. The number of para-hydroxylation sites is 1. The molecule has 3 rings (SSSR count). The van der Waals surface area contributed by atoms with Gasteiger partial charge in [0.2, 0.25) is 5.91 Å². The van der Waals surface area contributed by atoms with E-state index in [9.17, 15) is 18.0 Å². The van der Waals surface area contributed by atoms with Crippen LogP contribution in [0.25, 0.3) is 5.69 Å². The Kier molecular flexibility index (Phi) is 4.33. The Morgan fingerprint density at radius 2 is 1.75 bits per heavy atom. The highest BCUT2D eigenvalue weighted by molar-refractivity contribution is 5.91. The van der Waals surface area contributed by atoms with E-state index in [4.69, 9.17) is 0 Å². The van der Waals surface area contributed by atoms with E-state index in [-0.39, 0.29) is 11.4 Å². The predicted octanol–water partition coefficient (Wildman–Crippen LogP) is 3.47. The SMILES string of the molecule is O=C(Cc1ccc(F)c(F)c1F)Nc1ccn(-c2ccccc2)n1. The number of rotatable bonds is 4. The van der Waals surface area contributed by atoms with E-state index in [2.05, 4.69) is 10.4 Å². The van der Waals surface area contributed by atoms with Gasteiger partial charge in [-0.2, -0.15) is 5.10 Å². The number of hydrogen-bond donors (Lipinski definition) is 1. The van der Waals surface area contributed by atoms with E-state index in [1.54, 1.807) is 16.9 Å². The van der Waals surface area contributed by atoms with Crippen molar-refractivity contribution in [2.24, 2.45) is 0 Å². The molecule has 0 fully saturated rings. The van der Waals surface area contributed by atoms with Gasteiger partial charge in [0.25, 0.3) is 0 Å². The molecular weight excluding hydrogens is 319 g/mol. The molecule has 0 aliphatic rings. The molecule has 0 saturated carbocycles. The first kappa shape index (κ1) is 15.8. The smallest absolute Gasteiger partial charge is 0.230 e. The summed E-state index contributed by atoms with van der Waals surface area (Å²) in [6.45, 7) is 0. The molecule has 2 aromatic carbocycles. The van der Waals surface area contributed by atoms with Gasteiger partial charge in [-0.05, 0) is 18.2 Å². The second kappa shape index (κ2) is 6.57. The highest BCUT2D eigenvalue weighted by atomic mass is 19.2. The van der Waals surface area contributed by atoms with Gasteiger partial charge < -0.3 is 5.32 Å². The van der Waals surface area contributed by atoms with Crippen LogP contribution in [0.1, 0.15) is 5.56 Å². The molecule has 7 heteroatoms. The van der Waals surface area contributed by atoms with Crippen molar-refractivity contribution in [3.05, 3.63) is 77.7 Å². The number of carbonyl (C=O) groups is 1. The fourth-order valence-electron chi connectivity index (χ4n) is 2.18. The standard InChI is InChI=1S/C17H12F3N3O/c18-13-7-6-11(16(19)17(13)20)10-15(24)21-14-8-9-23(22-14)12-4-2-1-3-5-12/h1-9H,10H2,(H,21,22,24). The molecule has 3 aromatic rings. The fourth-order valence-corrected chi connectivity index (χ4v) is 2.18. The van der Waals surface area contributed by atoms with Crippen LogP contribution in [0.4, 0.5) is 19.0 Å². The molecule has 1 amide bonds. The minimum absolute atomic E-state index is 0.228. The third-order valence-corrected chi connectivity index (χ3v) is 3.34. The van der Waals surface area contributed by atoms with Crippen molar-refractivity contribution >= 4 is 11.7 Å². The van der Waals surface area contributed by atoms with Crippen LogP contribution in [-0.2, 0) is 11.2 Å². The van der Waals surface area contributed by atoms with Gasteiger partial charge in [-0.1, -0.05) is 24.3 Å². The number of aromatic nitrogens is 2. The number of amides is 1. The molecule has 0 radical (unpaired) electrons. The molecule has 0 atom stereocenters. The van der Waals surface area contributed by atoms with E-state index >= 15 is 0 Å². The molecule has 122 valence electrons. The summed E-state index contributed by atoms with van der Waals surface area (Å²) < 4.78 is 41.2. The minimum Gasteiger partial charge on any atom is -0.309 e. The van der Waals surface area contributed by atoms with Gasteiger partial charge in [-0.25, -0.2) is 17.9 Å². The summed E-state index contributed by atoms with van der Waals surface area (Å²) in [5.41, 5.74) is 0.582. The first-order valence-corrected chi connectivity index (χ1v) is 7.08. The number of halogens is 3. The lowest BCUT2D eigenvalue weighted by molar-refractivity contribution is -0.115. The first-order chi connectivity index (χ1) is 11.5. The summed E-state index contributed by atoms with van der Waals surface area (Å²) in [4.78, 5) is 11.9. The molecule has 1 heterocycles. The number of hydrogen-bond acceptors (Lipinski definition) is 2. The second-order valence-electron chi connectivity index (χ2n) is 5.04. The molecule has 0 aliphatic heterocycles. The minimum atomic E-state index is -1.59. The quantitative estimate of drug-likeness (QED) is 0.744. The topological polar surface area (TPSA) is 46.9 Å². The monoisotopic (exact) mass is 331 g/mol. The van der Waals surface area contributed by atoms with Gasteiger partial charge in [0, 0.05) is 17.8 Å². The average Bonchev–Trinajstić information content (AvgIpc) is 3.04. The lowest BCUT2D eigenvalue weighted by Crippen LogP contribution is -2.16. The van der Waals surface area contributed by atoms with Crippen molar-refractivity contribution in [3.8, 4) is 5.69 Å². The van der Waals surface area contributed by atoms with Crippen LogP contribution >= 0.6 is 0 Å². The van der Waals surface area contributed by atoms with Crippen molar-refractivity contribution in [2.75, 3.05) is 5.32 Å². The van der Waals surface area contributed by atoms with Crippen molar-refractivity contribution in [2.45, 2.75) is 6.42 Å². The summed E-state index contributed by atoms with van der Waals surface area (Å²) >= 11 is 0. The van der Waals surface area contributed by atoms with E-state index in [0.717, 1.165) is 17.8 Å². The molecule has 0 aliphatic carbocycles. The predicted molar refractivity (Wildman–Crippen MR) is 82.2 cm³/mol. The second-order valence-corrected chi connectivity index (χ2v) is 5.04. The largest absolute Gasteiger partial charge is 0.309 e. The summed E-state index contributed by atoms with van der Waals surface area (Å²) in [6.07, 6.45) is 1.23. The lowest BCUT2D eigenvalue weighted by atomic mass is 10.1. The van der Waals surface area contributed by atoms with Crippen LogP contribution in [0.2, 0.25) is 0 Å². The Balaban J connectivity index is 1.70. The fraction of sp³-hybridized carbons (Fsp3) is 0.0588. The molecule has 0 saturated heterocycles. The van der Waals surface area contributed by atoms with Crippen molar-refractivity contribution in [3.63, 3.8) is 0 Å². The third-order valence-electron chi connectivity index (χ3n) is 3.34. The highest BCUT2D eigenvalue weighted by Gasteiger charge is 2.16. The van der Waals surface area contributed by atoms with Crippen LogP contribution in [0.5, 0.6) is 0 Å². The van der Waals surface area contributed by atoms with Crippen LogP contribution in [0.15, 0.2) is 54.7 Å². The molecular formula is C17H12F3N3O. The maximum atomic E-state index is 13.6. The molecule has 0 bridgehead atoms. The van der Waals surface area contributed by atoms with Gasteiger partial charge in [-0.3, -0.25) is 4.79 Å². The lowest BCUT2D eigenvalue weighted by Gasteiger charge is -2.05. The first-order valence-electron chi connectivity index (χ1n) is 7.08. The molecule has 4 nitrogen and oxygen atoms in total. The number of nitrogens with zero attached hydrogens (tertiary/aromatic N) is 2. The third kappa shape index (κ3) is 3.29. The van der Waals surface area contributed by atoms with Crippen LogP contribution in [0.3, 0.4) is 0 Å². The number of benzene rings is 2. The van der Waals surface area contributed by atoms with E-state index in [1.807, 2.05) is 30.3 Å². The van der Waals surface area contributed by atoms with Crippen molar-refractivity contribution in [1.82, 2.24) is 9.78 Å². The van der Waals surface area contributed by atoms with Crippen LogP contribution in [0, 0.1) is 17.5 Å². The zero-order valence-electron chi connectivity index (χ0n) is 12.3. The molecule has 0 unspecified atom stereocenters. The van der Waals surface area contributed by atoms with E-state index < -0.39 is 29.8 Å². The average molecular weight is 331 g/mol. The Bertz CT molecular complexity index is 878. The van der Waals surface area contributed by atoms with Gasteiger partial charge >= 0.3 is 0 Å². The van der Waals surface area contributed by atoms with Gasteiger partial charge in [0.15, 0.2) is 23.3 Å². The van der Waals surface area contributed by atoms with Gasteiger partial charge in [-0.15, -0.1) is 0 Å². The highest BCUT2D eigenvalue weighted by Crippen LogP contribution is 2.16. The molecule has 1 aromatic heterocycles. The van der Waals surface area contributed by atoms with Crippen molar-refractivity contribution in [1.29, 1.82) is 0 Å².